The first kappa shape index (κ1) is 16.1. The predicted octanol–water partition coefficient (Wildman–Crippen LogP) is 3.41. The van der Waals surface area contributed by atoms with Crippen LogP contribution in [-0.2, 0) is 0 Å². The first-order valence-electron chi connectivity index (χ1n) is 7.27. The summed E-state index contributed by atoms with van der Waals surface area (Å²) in [5.41, 5.74) is 0.529. The number of likely N-dealkylation sites (N-methyl/N-ethyl adjacent to an activating group) is 1. The number of aromatic nitrogens is 2. The summed E-state index contributed by atoms with van der Waals surface area (Å²) in [6.07, 6.45) is 1.63. The largest absolute Gasteiger partial charge is 0.492 e. The van der Waals surface area contributed by atoms with E-state index in [2.05, 4.69) is 4.98 Å². The number of anilines is 1. The van der Waals surface area contributed by atoms with Crippen LogP contribution >= 0.6 is 11.6 Å². The number of imidazole rings is 1. The lowest BCUT2D eigenvalue weighted by Gasteiger charge is -2.16. The number of halogens is 1. The fraction of sp³-hybridized carbons (Fsp3) is 0.188. The smallest absolute Gasteiger partial charge is 0.372 e. The van der Waals surface area contributed by atoms with Gasteiger partial charge in [0.1, 0.15) is 12.4 Å². The van der Waals surface area contributed by atoms with Crippen LogP contribution in [0.4, 0.5) is 11.6 Å². The van der Waals surface area contributed by atoms with Crippen molar-refractivity contribution in [2.75, 3.05) is 25.1 Å². The zero-order chi connectivity index (χ0) is 17.1. The average molecular weight is 347 g/mol. The number of hydrogen-bond donors (Lipinski definition) is 0. The standard InChI is InChI=1S/C16H15ClN4O3/c1-19(9-10-24-13-6-4-5-12(17)11-13)15-16(21(22)23)20-8-3-2-7-14(20)18-15/h2-8,11H,9-10H2,1H3. The molecule has 0 N–H and O–H groups in total. The molecule has 0 saturated carbocycles. The van der Waals surface area contributed by atoms with Crippen molar-refractivity contribution in [1.29, 1.82) is 0 Å². The van der Waals surface area contributed by atoms with Gasteiger partial charge in [0.15, 0.2) is 0 Å². The SMILES string of the molecule is CN(CCOc1cccc(Cl)c1)c1nc2ccccn2c1[N+](=O)[O-]. The molecule has 8 heteroatoms. The maximum Gasteiger partial charge on any atom is 0.372 e. The van der Waals surface area contributed by atoms with E-state index in [1.165, 1.54) is 4.40 Å². The third-order valence-electron chi connectivity index (χ3n) is 3.51. The fourth-order valence-electron chi connectivity index (χ4n) is 2.36. The molecule has 0 bridgehead atoms. The van der Waals surface area contributed by atoms with Crippen molar-refractivity contribution in [3.8, 4) is 5.75 Å². The Labute approximate surface area is 143 Å². The molecule has 24 heavy (non-hydrogen) atoms. The number of fused-ring (bicyclic) bond motifs is 1. The van der Waals surface area contributed by atoms with Crippen LogP contribution < -0.4 is 9.64 Å². The first-order valence-corrected chi connectivity index (χ1v) is 7.65. The Morgan fingerprint density at radius 2 is 2.17 bits per heavy atom. The molecule has 124 valence electrons. The Morgan fingerprint density at radius 1 is 1.33 bits per heavy atom. The number of rotatable bonds is 6. The highest BCUT2D eigenvalue weighted by molar-refractivity contribution is 6.30. The second kappa shape index (κ2) is 6.76. The molecule has 3 rings (SSSR count). The van der Waals surface area contributed by atoms with Crippen LogP contribution in [0.3, 0.4) is 0 Å². The molecule has 0 radical (unpaired) electrons. The normalized spacial score (nSPS) is 10.8. The number of pyridine rings is 1. The van der Waals surface area contributed by atoms with Gasteiger partial charge in [-0.1, -0.05) is 23.7 Å². The van der Waals surface area contributed by atoms with Crippen LogP contribution in [0.1, 0.15) is 0 Å². The molecule has 1 aromatic carbocycles. The third-order valence-corrected chi connectivity index (χ3v) is 3.75. The van der Waals surface area contributed by atoms with Gasteiger partial charge in [0.25, 0.3) is 0 Å². The fourth-order valence-corrected chi connectivity index (χ4v) is 2.54. The van der Waals surface area contributed by atoms with Crippen LogP contribution in [0.2, 0.25) is 5.02 Å². The maximum absolute atomic E-state index is 11.4. The highest BCUT2D eigenvalue weighted by Crippen LogP contribution is 2.27. The minimum absolute atomic E-state index is 0.0594. The van der Waals surface area contributed by atoms with Crippen molar-refractivity contribution in [2.24, 2.45) is 0 Å². The van der Waals surface area contributed by atoms with Gasteiger partial charge in [-0.05, 0) is 29.2 Å². The summed E-state index contributed by atoms with van der Waals surface area (Å²) in [5.74, 6) is 0.900. The van der Waals surface area contributed by atoms with Crippen molar-refractivity contribution in [2.45, 2.75) is 0 Å². The molecule has 0 aliphatic rings. The second-order valence-corrected chi connectivity index (χ2v) is 5.61. The average Bonchev–Trinajstić information content (AvgIpc) is 2.94. The van der Waals surface area contributed by atoms with Gasteiger partial charge in [0, 0.05) is 18.1 Å². The van der Waals surface area contributed by atoms with Gasteiger partial charge >= 0.3 is 5.82 Å². The quantitative estimate of drug-likeness (QED) is 0.505. The van der Waals surface area contributed by atoms with Crippen LogP contribution in [0.5, 0.6) is 5.75 Å². The van der Waals surface area contributed by atoms with Crippen molar-refractivity contribution in [1.82, 2.24) is 9.38 Å². The lowest BCUT2D eigenvalue weighted by Crippen LogP contribution is -2.24. The molecule has 0 aliphatic heterocycles. The minimum Gasteiger partial charge on any atom is -0.492 e. The van der Waals surface area contributed by atoms with Gasteiger partial charge in [-0.2, -0.15) is 9.38 Å². The number of benzene rings is 1. The zero-order valence-corrected chi connectivity index (χ0v) is 13.7. The monoisotopic (exact) mass is 346 g/mol. The Bertz CT molecular complexity index is 881. The molecule has 2 aromatic heterocycles. The summed E-state index contributed by atoms with van der Waals surface area (Å²) >= 11 is 5.90. The lowest BCUT2D eigenvalue weighted by atomic mass is 10.3. The number of ether oxygens (including phenoxy) is 1. The van der Waals surface area contributed by atoms with E-state index in [1.807, 2.05) is 0 Å². The lowest BCUT2D eigenvalue weighted by molar-refractivity contribution is -0.389. The van der Waals surface area contributed by atoms with Crippen LogP contribution in [0.15, 0.2) is 48.7 Å². The molecule has 3 aromatic rings. The number of nitro groups is 1. The molecular formula is C16H15ClN4O3. The van der Waals surface area contributed by atoms with Crippen LogP contribution in [-0.4, -0.2) is 34.5 Å². The molecule has 0 unspecified atom stereocenters. The molecular weight excluding hydrogens is 332 g/mol. The molecule has 0 saturated heterocycles. The molecule has 2 heterocycles. The van der Waals surface area contributed by atoms with E-state index >= 15 is 0 Å². The van der Waals surface area contributed by atoms with E-state index < -0.39 is 4.92 Å². The van der Waals surface area contributed by atoms with Gasteiger partial charge in [0.2, 0.25) is 11.5 Å². The summed E-state index contributed by atoms with van der Waals surface area (Å²) < 4.78 is 7.08. The second-order valence-electron chi connectivity index (χ2n) is 5.17. The van der Waals surface area contributed by atoms with Crippen molar-refractivity contribution < 1.29 is 9.66 Å². The minimum atomic E-state index is -0.427. The summed E-state index contributed by atoms with van der Waals surface area (Å²) in [6.45, 7) is 0.791. The highest BCUT2D eigenvalue weighted by Gasteiger charge is 2.24. The van der Waals surface area contributed by atoms with Crippen molar-refractivity contribution >= 4 is 28.9 Å². The van der Waals surface area contributed by atoms with Gasteiger partial charge in [-0.15, -0.1) is 0 Å². The Morgan fingerprint density at radius 3 is 2.92 bits per heavy atom. The van der Waals surface area contributed by atoms with E-state index in [1.54, 1.807) is 60.6 Å². The van der Waals surface area contributed by atoms with Gasteiger partial charge in [0.05, 0.1) is 12.7 Å². The Hall–Kier alpha value is -2.80. The van der Waals surface area contributed by atoms with Crippen LogP contribution in [0.25, 0.3) is 5.65 Å². The van der Waals surface area contributed by atoms with Gasteiger partial charge in [-0.25, -0.2) is 0 Å². The van der Waals surface area contributed by atoms with Gasteiger partial charge < -0.3 is 19.8 Å². The third kappa shape index (κ3) is 3.26. The molecule has 0 spiro atoms. The van der Waals surface area contributed by atoms with E-state index in [9.17, 15) is 10.1 Å². The van der Waals surface area contributed by atoms with E-state index in [-0.39, 0.29) is 5.82 Å². The summed E-state index contributed by atoms with van der Waals surface area (Å²) in [4.78, 5) is 17.0. The van der Waals surface area contributed by atoms with Crippen molar-refractivity contribution in [3.05, 3.63) is 63.8 Å². The number of nitrogens with zero attached hydrogens (tertiary/aromatic N) is 4. The Balaban J connectivity index is 1.75. The topological polar surface area (TPSA) is 72.9 Å². The zero-order valence-electron chi connectivity index (χ0n) is 12.9. The summed E-state index contributed by atoms with van der Waals surface area (Å²) in [5, 5.41) is 12.0. The highest BCUT2D eigenvalue weighted by atomic mass is 35.5. The van der Waals surface area contributed by atoms with E-state index in [0.29, 0.717) is 35.4 Å². The van der Waals surface area contributed by atoms with E-state index in [4.69, 9.17) is 16.3 Å². The Kier molecular flexibility index (Phi) is 4.52. The summed E-state index contributed by atoms with van der Waals surface area (Å²) in [7, 11) is 1.75. The molecule has 0 atom stereocenters. The van der Waals surface area contributed by atoms with Crippen LogP contribution in [0, 0.1) is 10.1 Å². The summed E-state index contributed by atoms with van der Waals surface area (Å²) in [6, 6.07) is 12.3. The molecule has 7 nitrogen and oxygen atoms in total. The number of hydrogen-bond acceptors (Lipinski definition) is 5. The van der Waals surface area contributed by atoms with Crippen molar-refractivity contribution in [3.63, 3.8) is 0 Å². The van der Waals surface area contributed by atoms with Gasteiger partial charge in [-0.3, -0.25) is 0 Å². The van der Waals surface area contributed by atoms with E-state index in [0.717, 1.165) is 0 Å². The maximum atomic E-state index is 11.4. The first-order chi connectivity index (χ1) is 11.6. The molecule has 0 fully saturated rings. The molecule has 0 amide bonds. The molecule has 0 aliphatic carbocycles. The predicted molar refractivity (Wildman–Crippen MR) is 92.1 cm³/mol.